The van der Waals surface area contributed by atoms with Crippen molar-refractivity contribution in [2.45, 2.75) is 27.4 Å². The van der Waals surface area contributed by atoms with Crippen molar-refractivity contribution < 1.29 is 9.53 Å². The van der Waals surface area contributed by atoms with Crippen LogP contribution in [0.25, 0.3) is 0 Å². The van der Waals surface area contributed by atoms with Crippen LogP contribution in [0.4, 0.5) is 0 Å². The number of hydrogen-bond donors (Lipinski definition) is 0. The van der Waals surface area contributed by atoms with Crippen molar-refractivity contribution in [3.05, 3.63) is 29.6 Å². The van der Waals surface area contributed by atoms with Gasteiger partial charge in [0.25, 0.3) is 0 Å². The minimum atomic E-state index is -0.175. The van der Waals surface area contributed by atoms with Gasteiger partial charge in [-0.25, -0.2) is 0 Å². The molecule has 76 valence electrons. The molecule has 14 heavy (non-hydrogen) atoms. The van der Waals surface area contributed by atoms with Crippen LogP contribution in [-0.4, -0.2) is 11.0 Å². The molecule has 1 aromatic rings. The van der Waals surface area contributed by atoms with Gasteiger partial charge >= 0.3 is 5.97 Å². The van der Waals surface area contributed by atoms with Crippen LogP contribution in [-0.2, 0) is 16.1 Å². The summed E-state index contributed by atoms with van der Waals surface area (Å²) in [6, 6.07) is 3.81. The van der Waals surface area contributed by atoms with Crippen LogP contribution in [0.15, 0.2) is 18.3 Å². The average molecular weight is 193 g/mol. The molecule has 0 unspecified atom stereocenters. The van der Waals surface area contributed by atoms with Gasteiger partial charge in [-0.2, -0.15) is 0 Å². The molecule has 1 aromatic heterocycles. The van der Waals surface area contributed by atoms with E-state index in [4.69, 9.17) is 4.74 Å². The van der Waals surface area contributed by atoms with Crippen LogP contribution in [0.1, 0.15) is 25.1 Å². The first-order chi connectivity index (χ1) is 6.59. The van der Waals surface area contributed by atoms with E-state index in [0.717, 1.165) is 11.3 Å². The van der Waals surface area contributed by atoms with Gasteiger partial charge in [0.1, 0.15) is 6.61 Å². The van der Waals surface area contributed by atoms with Crippen molar-refractivity contribution in [1.29, 1.82) is 0 Å². The number of carbonyl (C=O) groups excluding carboxylic acids is 1. The van der Waals surface area contributed by atoms with Gasteiger partial charge in [0, 0.05) is 17.5 Å². The number of ether oxygens (including phenoxy) is 1. The van der Waals surface area contributed by atoms with E-state index >= 15 is 0 Å². The molecule has 0 amide bonds. The van der Waals surface area contributed by atoms with Gasteiger partial charge in [0.2, 0.25) is 0 Å². The third-order valence-corrected chi connectivity index (χ3v) is 1.83. The maximum atomic E-state index is 11.1. The summed E-state index contributed by atoms with van der Waals surface area (Å²) in [6.45, 7) is 5.86. The lowest BCUT2D eigenvalue weighted by Gasteiger charge is -2.06. The Bertz CT molecular complexity index is 304. The first-order valence-electron chi connectivity index (χ1n) is 4.68. The molecule has 0 saturated carbocycles. The molecule has 0 spiro atoms. The molecule has 0 fully saturated rings. The number of carbonyl (C=O) groups is 1. The molecule has 0 radical (unpaired) electrons. The summed E-state index contributed by atoms with van der Waals surface area (Å²) in [5.41, 5.74) is 1.88. The Balaban J connectivity index is 2.46. The molecule has 0 atom stereocenters. The molecule has 0 aliphatic carbocycles. The zero-order chi connectivity index (χ0) is 10.6. The lowest BCUT2D eigenvalue weighted by atomic mass is 10.2. The molecule has 0 bridgehead atoms. The predicted molar refractivity (Wildman–Crippen MR) is 53.6 cm³/mol. The standard InChI is InChI=1S/C11H15NO2/c1-8(2)11(13)14-7-10-5-4-9(3)12-6-10/h4-6,8H,7H2,1-3H3. The fraction of sp³-hybridized carbons (Fsp3) is 0.455. The molecule has 0 aromatic carbocycles. The predicted octanol–water partition coefficient (Wildman–Crippen LogP) is 2.09. The Kier molecular flexibility index (Phi) is 3.63. The van der Waals surface area contributed by atoms with Crippen LogP contribution >= 0.6 is 0 Å². The molecule has 0 aliphatic heterocycles. The normalized spacial score (nSPS) is 10.3. The van der Waals surface area contributed by atoms with Crippen molar-refractivity contribution in [2.24, 2.45) is 5.92 Å². The van der Waals surface area contributed by atoms with Crippen molar-refractivity contribution in [2.75, 3.05) is 0 Å². The van der Waals surface area contributed by atoms with Crippen LogP contribution in [0.5, 0.6) is 0 Å². The van der Waals surface area contributed by atoms with E-state index in [1.54, 1.807) is 6.20 Å². The number of esters is 1. The summed E-state index contributed by atoms with van der Waals surface area (Å²) in [4.78, 5) is 15.3. The molecule has 1 rings (SSSR count). The number of hydrogen-bond acceptors (Lipinski definition) is 3. The SMILES string of the molecule is Cc1ccc(COC(=O)C(C)C)cn1. The van der Waals surface area contributed by atoms with Gasteiger partial charge in [-0.05, 0) is 13.0 Å². The minimum Gasteiger partial charge on any atom is -0.461 e. The Morgan fingerprint density at radius 2 is 2.21 bits per heavy atom. The topological polar surface area (TPSA) is 39.2 Å². The van der Waals surface area contributed by atoms with E-state index in [9.17, 15) is 4.79 Å². The molecular weight excluding hydrogens is 178 g/mol. The van der Waals surface area contributed by atoms with E-state index in [0.29, 0.717) is 6.61 Å². The molecule has 3 nitrogen and oxygen atoms in total. The molecule has 3 heteroatoms. The molecular formula is C11H15NO2. The van der Waals surface area contributed by atoms with Gasteiger partial charge < -0.3 is 4.74 Å². The van der Waals surface area contributed by atoms with E-state index in [1.807, 2.05) is 32.9 Å². The fourth-order valence-corrected chi connectivity index (χ4v) is 0.905. The average Bonchev–Trinajstić information content (AvgIpc) is 2.16. The lowest BCUT2D eigenvalue weighted by Crippen LogP contribution is -2.11. The molecule has 0 aliphatic rings. The van der Waals surface area contributed by atoms with Crippen molar-refractivity contribution in [1.82, 2.24) is 4.98 Å². The van der Waals surface area contributed by atoms with Crippen molar-refractivity contribution >= 4 is 5.97 Å². The van der Waals surface area contributed by atoms with E-state index in [-0.39, 0.29) is 11.9 Å². The number of aryl methyl sites for hydroxylation is 1. The smallest absolute Gasteiger partial charge is 0.308 e. The molecule has 0 saturated heterocycles. The van der Waals surface area contributed by atoms with Gasteiger partial charge in [-0.15, -0.1) is 0 Å². The third kappa shape index (κ3) is 3.17. The first-order valence-corrected chi connectivity index (χ1v) is 4.68. The van der Waals surface area contributed by atoms with Crippen LogP contribution in [0.2, 0.25) is 0 Å². The highest BCUT2D eigenvalue weighted by Gasteiger charge is 2.07. The molecule has 1 heterocycles. The lowest BCUT2D eigenvalue weighted by molar-refractivity contribution is -0.148. The summed E-state index contributed by atoms with van der Waals surface area (Å²) in [6.07, 6.45) is 1.73. The van der Waals surface area contributed by atoms with E-state index < -0.39 is 0 Å². The van der Waals surface area contributed by atoms with Gasteiger partial charge in [0.15, 0.2) is 0 Å². The molecule has 0 N–H and O–H groups in total. The van der Waals surface area contributed by atoms with Crippen LogP contribution in [0, 0.1) is 12.8 Å². The summed E-state index contributed by atoms with van der Waals surface area (Å²) in [5.74, 6) is -0.251. The number of nitrogens with zero attached hydrogens (tertiary/aromatic N) is 1. The minimum absolute atomic E-state index is 0.0755. The zero-order valence-electron chi connectivity index (χ0n) is 8.78. The highest BCUT2D eigenvalue weighted by Crippen LogP contribution is 2.04. The summed E-state index contributed by atoms with van der Waals surface area (Å²) in [5, 5.41) is 0. The van der Waals surface area contributed by atoms with Crippen LogP contribution in [0.3, 0.4) is 0 Å². The zero-order valence-corrected chi connectivity index (χ0v) is 8.78. The van der Waals surface area contributed by atoms with Gasteiger partial charge in [-0.3, -0.25) is 9.78 Å². The van der Waals surface area contributed by atoms with Crippen molar-refractivity contribution in [3.63, 3.8) is 0 Å². The quantitative estimate of drug-likeness (QED) is 0.690. The van der Waals surface area contributed by atoms with Gasteiger partial charge in [-0.1, -0.05) is 19.9 Å². The number of aromatic nitrogens is 1. The first kappa shape index (κ1) is 10.7. The Hall–Kier alpha value is -1.38. The van der Waals surface area contributed by atoms with E-state index in [1.165, 1.54) is 0 Å². The maximum Gasteiger partial charge on any atom is 0.308 e. The Morgan fingerprint density at radius 1 is 1.50 bits per heavy atom. The second-order valence-corrected chi connectivity index (χ2v) is 3.57. The summed E-state index contributed by atoms with van der Waals surface area (Å²) < 4.78 is 5.05. The second-order valence-electron chi connectivity index (χ2n) is 3.57. The number of rotatable bonds is 3. The second kappa shape index (κ2) is 4.74. The monoisotopic (exact) mass is 193 g/mol. The van der Waals surface area contributed by atoms with Crippen LogP contribution < -0.4 is 0 Å². The summed E-state index contributed by atoms with van der Waals surface area (Å²) >= 11 is 0. The fourth-order valence-electron chi connectivity index (χ4n) is 0.905. The number of pyridine rings is 1. The Morgan fingerprint density at radius 3 is 2.71 bits per heavy atom. The maximum absolute atomic E-state index is 11.1. The highest BCUT2D eigenvalue weighted by molar-refractivity contribution is 5.71. The van der Waals surface area contributed by atoms with Gasteiger partial charge in [0.05, 0.1) is 5.92 Å². The van der Waals surface area contributed by atoms with E-state index in [2.05, 4.69) is 4.98 Å². The summed E-state index contributed by atoms with van der Waals surface area (Å²) in [7, 11) is 0. The highest BCUT2D eigenvalue weighted by atomic mass is 16.5. The third-order valence-electron chi connectivity index (χ3n) is 1.83. The Labute approximate surface area is 84.1 Å². The van der Waals surface area contributed by atoms with Crippen molar-refractivity contribution in [3.8, 4) is 0 Å². The largest absolute Gasteiger partial charge is 0.461 e.